The minimum atomic E-state index is -0.848. The van der Waals surface area contributed by atoms with E-state index in [0.29, 0.717) is 5.92 Å². The van der Waals surface area contributed by atoms with Gasteiger partial charge in [0.2, 0.25) is 0 Å². The van der Waals surface area contributed by atoms with Crippen LogP contribution in [0.1, 0.15) is 46.5 Å². The molecular formula is C10H19F. The first-order valence-electron chi connectivity index (χ1n) is 4.68. The van der Waals surface area contributed by atoms with E-state index in [4.69, 9.17) is 0 Å². The van der Waals surface area contributed by atoms with E-state index in [1.165, 1.54) is 6.42 Å². The van der Waals surface area contributed by atoms with Gasteiger partial charge in [0.15, 0.2) is 0 Å². The number of hydrogen-bond donors (Lipinski definition) is 0. The lowest BCUT2D eigenvalue weighted by atomic mass is 9.94. The molecule has 0 aliphatic heterocycles. The standard InChI is InChI=1S/C10H19F/c1-8(2)6-9-4-5-10(3,11)7-9/h8-9H,4-7H2,1-3H3. The number of hydrogen-bond acceptors (Lipinski definition) is 0. The Kier molecular flexibility index (Phi) is 2.56. The van der Waals surface area contributed by atoms with Gasteiger partial charge in [0.05, 0.1) is 0 Å². The van der Waals surface area contributed by atoms with Crippen molar-refractivity contribution in [1.82, 2.24) is 0 Å². The van der Waals surface area contributed by atoms with Gasteiger partial charge in [-0.2, -0.15) is 0 Å². The molecule has 1 heteroatoms. The maximum absolute atomic E-state index is 13.3. The van der Waals surface area contributed by atoms with Gasteiger partial charge >= 0.3 is 0 Å². The molecule has 11 heavy (non-hydrogen) atoms. The van der Waals surface area contributed by atoms with Crippen molar-refractivity contribution in [1.29, 1.82) is 0 Å². The normalized spacial score (nSPS) is 38.5. The molecule has 0 nitrogen and oxygen atoms in total. The van der Waals surface area contributed by atoms with Gasteiger partial charge in [-0.1, -0.05) is 13.8 Å². The first-order chi connectivity index (χ1) is 4.99. The summed E-state index contributed by atoms with van der Waals surface area (Å²) in [6.45, 7) is 6.18. The second-order valence-corrected chi connectivity index (χ2v) is 4.65. The van der Waals surface area contributed by atoms with Crippen molar-refractivity contribution >= 4 is 0 Å². The maximum atomic E-state index is 13.3. The van der Waals surface area contributed by atoms with Crippen LogP contribution < -0.4 is 0 Å². The minimum Gasteiger partial charge on any atom is -0.244 e. The Morgan fingerprint density at radius 2 is 2.18 bits per heavy atom. The van der Waals surface area contributed by atoms with Crippen LogP contribution in [0.25, 0.3) is 0 Å². The molecule has 0 radical (unpaired) electrons. The van der Waals surface area contributed by atoms with Gasteiger partial charge in [-0.25, -0.2) is 4.39 Å². The highest BCUT2D eigenvalue weighted by atomic mass is 19.1. The largest absolute Gasteiger partial charge is 0.244 e. The van der Waals surface area contributed by atoms with Crippen molar-refractivity contribution < 1.29 is 4.39 Å². The zero-order valence-corrected chi connectivity index (χ0v) is 7.86. The predicted molar refractivity (Wildman–Crippen MR) is 46.3 cm³/mol. The van der Waals surface area contributed by atoms with Crippen LogP contribution in [0.4, 0.5) is 4.39 Å². The molecule has 66 valence electrons. The van der Waals surface area contributed by atoms with E-state index in [1.807, 2.05) is 0 Å². The molecule has 0 bridgehead atoms. The molecule has 0 spiro atoms. The number of halogens is 1. The summed E-state index contributed by atoms with van der Waals surface area (Å²) in [5, 5.41) is 0. The SMILES string of the molecule is CC(C)CC1CCC(C)(F)C1. The molecule has 0 aromatic heterocycles. The van der Waals surface area contributed by atoms with E-state index < -0.39 is 5.67 Å². The molecule has 0 aromatic rings. The Morgan fingerprint density at radius 1 is 1.55 bits per heavy atom. The topological polar surface area (TPSA) is 0 Å². The predicted octanol–water partition coefficient (Wildman–Crippen LogP) is 3.56. The lowest BCUT2D eigenvalue weighted by Gasteiger charge is -2.14. The number of rotatable bonds is 2. The molecule has 1 fully saturated rings. The smallest absolute Gasteiger partial charge is 0.108 e. The average Bonchev–Trinajstić information content (AvgIpc) is 2.08. The monoisotopic (exact) mass is 158 g/mol. The van der Waals surface area contributed by atoms with Crippen molar-refractivity contribution in [3.8, 4) is 0 Å². The molecule has 0 saturated heterocycles. The van der Waals surface area contributed by atoms with E-state index in [0.717, 1.165) is 25.2 Å². The van der Waals surface area contributed by atoms with Gasteiger partial charge in [-0.15, -0.1) is 0 Å². The summed E-state index contributed by atoms with van der Waals surface area (Å²) in [6, 6.07) is 0. The zero-order valence-electron chi connectivity index (χ0n) is 7.86. The van der Waals surface area contributed by atoms with E-state index in [1.54, 1.807) is 6.92 Å². The lowest BCUT2D eigenvalue weighted by molar-refractivity contribution is 0.189. The van der Waals surface area contributed by atoms with Crippen molar-refractivity contribution in [3.63, 3.8) is 0 Å². The average molecular weight is 158 g/mol. The fourth-order valence-electron chi connectivity index (χ4n) is 2.18. The van der Waals surface area contributed by atoms with Crippen LogP contribution in [0.5, 0.6) is 0 Å². The van der Waals surface area contributed by atoms with Crippen LogP contribution in [0, 0.1) is 11.8 Å². The van der Waals surface area contributed by atoms with Gasteiger partial charge in [-0.05, 0) is 44.4 Å². The summed E-state index contributed by atoms with van der Waals surface area (Å²) in [5.41, 5.74) is -0.848. The van der Waals surface area contributed by atoms with Crippen LogP contribution in [-0.4, -0.2) is 5.67 Å². The van der Waals surface area contributed by atoms with Gasteiger partial charge in [-0.3, -0.25) is 0 Å². The van der Waals surface area contributed by atoms with Gasteiger partial charge in [0, 0.05) is 0 Å². The van der Waals surface area contributed by atoms with Crippen molar-refractivity contribution in [2.45, 2.75) is 52.1 Å². The van der Waals surface area contributed by atoms with E-state index in [9.17, 15) is 4.39 Å². The zero-order chi connectivity index (χ0) is 8.48. The summed E-state index contributed by atoms with van der Waals surface area (Å²) in [6.07, 6.45) is 3.89. The molecule has 1 aliphatic rings. The Bertz CT molecular complexity index is 127. The fraction of sp³-hybridized carbons (Fsp3) is 1.00. The molecule has 0 amide bonds. The van der Waals surface area contributed by atoms with E-state index in [2.05, 4.69) is 13.8 Å². The lowest BCUT2D eigenvalue weighted by Crippen LogP contribution is -2.12. The maximum Gasteiger partial charge on any atom is 0.108 e. The van der Waals surface area contributed by atoms with Crippen LogP contribution in [0.15, 0.2) is 0 Å². The van der Waals surface area contributed by atoms with Crippen molar-refractivity contribution in [2.24, 2.45) is 11.8 Å². The molecule has 0 heterocycles. The van der Waals surface area contributed by atoms with E-state index in [-0.39, 0.29) is 0 Å². The molecular weight excluding hydrogens is 139 g/mol. The van der Waals surface area contributed by atoms with Crippen molar-refractivity contribution in [2.75, 3.05) is 0 Å². The quantitative estimate of drug-likeness (QED) is 0.576. The summed E-state index contributed by atoms with van der Waals surface area (Å²) in [5.74, 6) is 1.39. The third-order valence-electron chi connectivity index (χ3n) is 2.59. The van der Waals surface area contributed by atoms with Crippen LogP contribution in [0.2, 0.25) is 0 Å². The van der Waals surface area contributed by atoms with Crippen LogP contribution in [-0.2, 0) is 0 Å². The Balaban J connectivity index is 2.31. The second-order valence-electron chi connectivity index (χ2n) is 4.65. The van der Waals surface area contributed by atoms with E-state index >= 15 is 0 Å². The second kappa shape index (κ2) is 3.12. The van der Waals surface area contributed by atoms with Gasteiger partial charge < -0.3 is 0 Å². The number of alkyl halides is 1. The summed E-state index contributed by atoms with van der Waals surface area (Å²) in [4.78, 5) is 0. The molecule has 1 saturated carbocycles. The van der Waals surface area contributed by atoms with Crippen LogP contribution >= 0.6 is 0 Å². The molecule has 2 unspecified atom stereocenters. The highest BCUT2D eigenvalue weighted by Crippen LogP contribution is 2.39. The third kappa shape index (κ3) is 2.80. The van der Waals surface area contributed by atoms with Crippen LogP contribution in [0.3, 0.4) is 0 Å². The first kappa shape index (κ1) is 9.02. The van der Waals surface area contributed by atoms with Gasteiger partial charge in [0.25, 0.3) is 0 Å². The summed E-state index contributed by atoms with van der Waals surface area (Å²) < 4.78 is 13.3. The first-order valence-corrected chi connectivity index (χ1v) is 4.68. The summed E-state index contributed by atoms with van der Waals surface area (Å²) >= 11 is 0. The molecule has 2 atom stereocenters. The van der Waals surface area contributed by atoms with Gasteiger partial charge in [0.1, 0.15) is 5.67 Å². The highest BCUT2D eigenvalue weighted by molar-refractivity contribution is 4.85. The molecule has 0 N–H and O–H groups in total. The highest BCUT2D eigenvalue weighted by Gasteiger charge is 2.34. The molecule has 1 aliphatic carbocycles. The van der Waals surface area contributed by atoms with Crippen molar-refractivity contribution in [3.05, 3.63) is 0 Å². The Labute approximate surface area is 69.2 Å². The summed E-state index contributed by atoms with van der Waals surface area (Å²) in [7, 11) is 0. The minimum absolute atomic E-state index is 0.657. The molecule has 0 aromatic carbocycles. The fourth-order valence-corrected chi connectivity index (χ4v) is 2.18. The third-order valence-corrected chi connectivity index (χ3v) is 2.59. The Morgan fingerprint density at radius 3 is 2.55 bits per heavy atom. The Hall–Kier alpha value is -0.0700. The molecule has 1 rings (SSSR count).